The van der Waals surface area contributed by atoms with Gasteiger partial charge in [-0.05, 0) is 72.7 Å². The number of aromatic nitrogens is 1. The number of phenols is 1. The van der Waals surface area contributed by atoms with Gasteiger partial charge in [-0.25, -0.2) is 9.78 Å². The molecule has 3 fully saturated rings. The number of pyridine rings is 1. The lowest BCUT2D eigenvalue weighted by Crippen LogP contribution is -2.37. The number of rotatable bonds is 7. The van der Waals surface area contributed by atoms with Gasteiger partial charge in [0, 0.05) is 25.1 Å². The summed E-state index contributed by atoms with van der Waals surface area (Å²) in [5, 5.41) is 10.6. The second kappa shape index (κ2) is 12.0. The molecule has 46 heavy (non-hydrogen) atoms. The Morgan fingerprint density at radius 1 is 0.935 bits per heavy atom. The number of phenolic OH excluding ortho intramolecular Hbond substituents is 1. The summed E-state index contributed by atoms with van der Waals surface area (Å²) in [6, 6.07) is 18.5. The molecular formula is C35H27Br3N2O6. The van der Waals surface area contributed by atoms with E-state index < -0.39 is 18.4 Å². The minimum Gasteiger partial charge on any atom is -0.507 e. The van der Waals surface area contributed by atoms with Gasteiger partial charge in [-0.15, -0.1) is 0 Å². The highest BCUT2D eigenvalue weighted by Crippen LogP contribution is 2.60. The smallest absolute Gasteiger partial charge is 0.339 e. The van der Waals surface area contributed by atoms with Crippen molar-refractivity contribution in [1.82, 2.24) is 4.98 Å². The van der Waals surface area contributed by atoms with Gasteiger partial charge in [0.2, 0.25) is 17.6 Å². The molecule has 2 heterocycles. The summed E-state index contributed by atoms with van der Waals surface area (Å²) in [5.74, 6) is -2.09. The number of alkyl halides is 2. The summed E-state index contributed by atoms with van der Waals surface area (Å²) in [5.41, 5.74) is 3.50. The quantitative estimate of drug-likeness (QED) is 0.0906. The lowest BCUT2D eigenvalue weighted by Gasteiger charge is -2.28. The molecule has 11 heteroatoms. The highest BCUT2D eigenvalue weighted by Gasteiger charge is 2.66. The highest BCUT2D eigenvalue weighted by atomic mass is 79.9. The van der Waals surface area contributed by atoms with E-state index in [2.05, 4.69) is 47.8 Å². The van der Waals surface area contributed by atoms with Crippen LogP contribution in [0.25, 0.3) is 22.2 Å². The minimum atomic E-state index is -0.709. The molecule has 2 saturated carbocycles. The first-order valence-corrected chi connectivity index (χ1v) is 17.6. The van der Waals surface area contributed by atoms with Gasteiger partial charge in [0.15, 0.2) is 6.61 Å². The van der Waals surface area contributed by atoms with Crippen LogP contribution >= 0.6 is 47.8 Å². The minimum absolute atomic E-state index is 0.0666. The van der Waals surface area contributed by atoms with Gasteiger partial charge in [0.25, 0.3) is 0 Å². The third-order valence-corrected chi connectivity index (χ3v) is 13.2. The predicted molar refractivity (Wildman–Crippen MR) is 183 cm³/mol. The molecule has 0 spiro atoms. The van der Waals surface area contributed by atoms with Gasteiger partial charge < -0.3 is 9.84 Å². The van der Waals surface area contributed by atoms with Crippen LogP contribution in [0.15, 0.2) is 71.2 Å². The second-order valence-electron chi connectivity index (χ2n) is 11.9. The van der Waals surface area contributed by atoms with Crippen LogP contribution in [0.5, 0.6) is 5.75 Å². The van der Waals surface area contributed by atoms with Gasteiger partial charge in [0.1, 0.15) is 5.75 Å². The van der Waals surface area contributed by atoms with Gasteiger partial charge in [0.05, 0.1) is 39.9 Å². The Hall–Kier alpha value is -3.41. The van der Waals surface area contributed by atoms with E-state index in [0.29, 0.717) is 34.3 Å². The van der Waals surface area contributed by atoms with E-state index in [9.17, 15) is 24.3 Å². The molecule has 1 aromatic heterocycles. The van der Waals surface area contributed by atoms with E-state index in [0.717, 1.165) is 16.5 Å². The summed E-state index contributed by atoms with van der Waals surface area (Å²) in [7, 11) is 0. The molecule has 2 amide bonds. The molecule has 234 valence electrons. The molecule has 6 atom stereocenters. The Morgan fingerprint density at radius 2 is 1.59 bits per heavy atom. The fraction of sp³-hybridized carbons (Fsp3) is 0.286. The number of amides is 2. The zero-order valence-electron chi connectivity index (χ0n) is 24.5. The number of aromatic hydroxyl groups is 1. The molecule has 8 nitrogen and oxygen atoms in total. The molecule has 2 bridgehead atoms. The van der Waals surface area contributed by atoms with Gasteiger partial charge >= 0.3 is 5.97 Å². The van der Waals surface area contributed by atoms with Crippen molar-refractivity contribution in [3.63, 3.8) is 0 Å². The van der Waals surface area contributed by atoms with Gasteiger partial charge in [-0.1, -0.05) is 79.0 Å². The Balaban J connectivity index is 1.20. The third kappa shape index (κ3) is 5.02. The number of hydrogen-bond donors (Lipinski definition) is 1. The lowest BCUT2D eigenvalue weighted by atomic mass is 9.81. The standard InChI is InChI=1S/C35H27Br3N2O6/c1-2-16-11-18(36)12-21-22(35(45)46-15-27(42)20-5-3-4-6-26(20)41)14-25(39-32(16)21)17-7-9-19(10-8-17)40-33(43)28-23-13-24(29(28)34(40)44)31(38)30(23)37/h3-12,14,23-24,28-31,41H,2,13,15H2,1H3. The van der Waals surface area contributed by atoms with E-state index in [4.69, 9.17) is 9.72 Å². The first-order chi connectivity index (χ1) is 22.1. The fourth-order valence-electron chi connectivity index (χ4n) is 7.33. The fourth-order valence-corrected chi connectivity index (χ4v) is 9.71. The number of Topliss-reactive ketones (excluding diaryl/α,β-unsaturated/α-hetero) is 1. The molecule has 1 N–H and O–H groups in total. The van der Waals surface area contributed by atoms with Crippen molar-refractivity contribution in [2.75, 3.05) is 11.5 Å². The Labute approximate surface area is 289 Å². The molecule has 6 unspecified atom stereocenters. The Bertz CT molecular complexity index is 1920. The maximum Gasteiger partial charge on any atom is 0.339 e. The summed E-state index contributed by atoms with van der Waals surface area (Å²) < 4.78 is 6.23. The van der Waals surface area contributed by atoms with Crippen LogP contribution in [0.2, 0.25) is 0 Å². The number of esters is 1. The number of nitrogens with zero attached hydrogens (tertiary/aromatic N) is 2. The number of aryl methyl sites for hydroxylation is 1. The number of benzene rings is 3. The third-order valence-electron chi connectivity index (χ3n) is 9.51. The van der Waals surface area contributed by atoms with Crippen LogP contribution in [0.1, 0.15) is 39.6 Å². The number of carbonyl (C=O) groups excluding carboxylic acids is 4. The van der Waals surface area contributed by atoms with E-state index in [1.54, 1.807) is 48.5 Å². The predicted octanol–water partition coefficient (Wildman–Crippen LogP) is 7.25. The van der Waals surface area contributed by atoms with Crippen molar-refractivity contribution >= 4 is 87.9 Å². The van der Waals surface area contributed by atoms with E-state index >= 15 is 0 Å². The maximum atomic E-state index is 13.5. The van der Waals surface area contributed by atoms with Crippen LogP contribution in [0.3, 0.4) is 0 Å². The van der Waals surface area contributed by atoms with Crippen LogP contribution in [-0.2, 0) is 20.7 Å². The molecule has 2 aliphatic carbocycles. The molecule has 1 aliphatic heterocycles. The lowest BCUT2D eigenvalue weighted by molar-refractivity contribution is -0.123. The summed E-state index contributed by atoms with van der Waals surface area (Å²) in [6.45, 7) is 1.45. The summed E-state index contributed by atoms with van der Waals surface area (Å²) >= 11 is 11.0. The number of ether oxygens (including phenoxy) is 1. The monoisotopic (exact) mass is 808 g/mol. The number of ketones is 1. The number of anilines is 1. The molecule has 0 radical (unpaired) electrons. The number of para-hydroxylation sites is 1. The molecule has 3 aliphatic rings. The highest BCUT2D eigenvalue weighted by molar-refractivity contribution is 9.12. The van der Waals surface area contributed by atoms with Crippen LogP contribution in [0, 0.1) is 23.7 Å². The largest absolute Gasteiger partial charge is 0.507 e. The SMILES string of the molecule is CCc1cc(Br)cc2c(C(=O)OCC(=O)c3ccccc3O)cc(-c3ccc(N4C(=O)C5C6CC(C(Br)C6Br)C5C4=O)cc3)nc12. The molecular weight excluding hydrogens is 784 g/mol. The normalized spacial score (nSPS) is 24.9. The maximum absolute atomic E-state index is 13.5. The van der Waals surface area contributed by atoms with E-state index in [-0.39, 0.29) is 62.0 Å². The Morgan fingerprint density at radius 3 is 2.22 bits per heavy atom. The van der Waals surface area contributed by atoms with Gasteiger partial charge in [-0.2, -0.15) is 0 Å². The molecule has 4 aromatic rings. The number of fused-ring (bicyclic) bond motifs is 6. The van der Waals surface area contributed by atoms with Crippen molar-refractivity contribution in [3.8, 4) is 17.0 Å². The first-order valence-electron chi connectivity index (χ1n) is 15.0. The van der Waals surface area contributed by atoms with Crippen molar-refractivity contribution in [2.45, 2.75) is 29.4 Å². The Kier molecular flexibility index (Phi) is 8.13. The second-order valence-corrected chi connectivity index (χ2v) is 15.0. The van der Waals surface area contributed by atoms with Crippen molar-refractivity contribution < 1.29 is 29.0 Å². The van der Waals surface area contributed by atoms with E-state index in [1.165, 1.54) is 17.0 Å². The average molecular weight is 811 g/mol. The van der Waals surface area contributed by atoms with Crippen LogP contribution in [-0.4, -0.2) is 49.9 Å². The number of carbonyl (C=O) groups is 4. The number of imide groups is 1. The van der Waals surface area contributed by atoms with Crippen molar-refractivity contribution in [2.24, 2.45) is 23.7 Å². The zero-order chi connectivity index (χ0) is 32.4. The molecule has 1 saturated heterocycles. The molecule has 3 aromatic carbocycles. The van der Waals surface area contributed by atoms with Gasteiger partial charge in [-0.3, -0.25) is 19.3 Å². The van der Waals surface area contributed by atoms with Crippen LogP contribution < -0.4 is 4.90 Å². The first kappa shape index (κ1) is 31.2. The topological polar surface area (TPSA) is 114 Å². The molecule has 7 rings (SSSR count). The van der Waals surface area contributed by atoms with E-state index in [1.807, 2.05) is 13.0 Å². The number of hydrogen-bond acceptors (Lipinski definition) is 7. The average Bonchev–Trinajstić information content (AvgIpc) is 3.67. The zero-order valence-corrected chi connectivity index (χ0v) is 29.2. The summed E-state index contributed by atoms with van der Waals surface area (Å²) in [4.78, 5) is 59.9. The van der Waals surface area contributed by atoms with Crippen molar-refractivity contribution in [1.29, 1.82) is 0 Å². The van der Waals surface area contributed by atoms with Crippen molar-refractivity contribution in [3.05, 3.63) is 87.9 Å². The summed E-state index contributed by atoms with van der Waals surface area (Å²) in [6.07, 6.45) is 1.52. The number of halogens is 3. The van der Waals surface area contributed by atoms with Crippen LogP contribution in [0.4, 0.5) is 5.69 Å².